The molecular formula is C3H7Cl3O3S. The van der Waals surface area contributed by atoms with E-state index in [-0.39, 0.29) is 0 Å². The average molecular weight is 230 g/mol. The fraction of sp³-hybridized carbons (Fsp3) is 1.00. The number of alkyl halides is 2. The molecule has 0 radical (unpaired) electrons. The third-order valence-electron chi connectivity index (χ3n) is 0. The van der Waals surface area contributed by atoms with Gasteiger partial charge in [0.1, 0.15) is 4.33 Å². The van der Waals surface area contributed by atoms with Gasteiger partial charge in [-0.15, -0.1) is 23.2 Å². The molecule has 0 amide bonds. The van der Waals surface area contributed by atoms with E-state index in [9.17, 15) is 0 Å². The van der Waals surface area contributed by atoms with Crippen molar-refractivity contribution in [2.45, 2.75) is 18.2 Å². The predicted octanol–water partition coefficient (Wildman–Crippen LogP) is 2.23. The van der Waals surface area contributed by atoms with Crippen LogP contribution < -0.4 is 0 Å². The van der Waals surface area contributed by atoms with Crippen molar-refractivity contribution >= 4 is 43.2 Å². The Morgan fingerprint density at radius 3 is 1.30 bits per heavy atom. The second-order valence-electron chi connectivity index (χ2n) is 1.74. The molecule has 0 unspecified atom stereocenters. The summed E-state index contributed by atoms with van der Waals surface area (Å²) in [7, 11) is -0.137. The smallest absolute Gasteiger partial charge is 0.273 e. The Labute approximate surface area is 74.5 Å². The normalized spacial score (nSPS) is 11.8. The van der Waals surface area contributed by atoms with Gasteiger partial charge < -0.3 is 0 Å². The molecule has 0 aliphatic rings. The first kappa shape index (κ1) is 13.4. The second-order valence-corrected chi connectivity index (χ2v) is 5.82. The zero-order chi connectivity index (χ0) is 9.00. The van der Waals surface area contributed by atoms with Gasteiger partial charge in [0, 0.05) is 10.7 Å². The van der Waals surface area contributed by atoms with Crippen molar-refractivity contribution in [1.82, 2.24) is 0 Å². The molecule has 0 bridgehead atoms. The highest BCUT2D eigenvalue weighted by atomic mass is 35.7. The third-order valence-corrected chi connectivity index (χ3v) is 0. The summed E-state index contributed by atoms with van der Waals surface area (Å²) in [6.45, 7) is 3.44. The van der Waals surface area contributed by atoms with Gasteiger partial charge in [-0.2, -0.15) is 8.42 Å². The Balaban J connectivity index is 0. The van der Waals surface area contributed by atoms with E-state index in [1.165, 1.54) is 0 Å². The third kappa shape index (κ3) is 874. The molecule has 1 N–H and O–H groups in total. The molecule has 3 nitrogen and oxygen atoms in total. The highest BCUT2D eigenvalue weighted by molar-refractivity contribution is 8.09. The van der Waals surface area contributed by atoms with E-state index >= 15 is 0 Å². The van der Waals surface area contributed by atoms with Crippen molar-refractivity contribution in [2.24, 2.45) is 0 Å². The fourth-order valence-corrected chi connectivity index (χ4v) is 0. The van der Waals surface area contributed by atoms with Crippen molar-refractivity contribution < 1.29 is 13.0 Å². The summed E-state index contributed by atoms with van der Waals surface area (Å²) in [5.41, 5.74) is 0. The molecule has 0 aliphatic heterocycles. The summed E-state index contributed by atoms with van der Waals surface area (Å²) in [6.07, 6.45) is 0. The summed E-state index contributed by atoms with van der Waals surface area (Å²) >= 11 is 10.6. The minimum atomic E-state index is -4.19. The molecule has 0 fully saturated rings. The van der Waals surface area contributed by atoms with Crippen LogP contribution in [0.2, 0.25) is 0 Å². The summed E-state index contributed by atoms with van der Waals surface area (Å²) in [5, 5.41) is 0. The van der Waals surface area contributed by atoms with Crippen molar-refractivity contribution in [1.29, 1.82) is 0 Å². The molecule has 0 aromatic heterocycles. The van der Waals surface area contributed by atoms with Crippen molar-refractivity contribution in [2.75, 3.05) is 0 Å². The van der Waals surface area contributed by atoms with Gasteiger partial charge in [-0.1, -0.05) is 0 Å². The average Bonchev–Trinajstić information content (AvgIpc) is 1.12. The van der Waals surface area contributed by atoms with Crippen LogP contribution in [0, 0.1) is 0 Å². The summed E-state index contributed by atoms with van der Waals surface area (Å²) < 4.78 is 24.6. The van der Waals surface area contributed by atoms with E-state index in [0.29, 0.717) is 0 Å². The van der Waals surface area contributed by atoms with Crippen LogP contribution in [0.3, 0.4) is 0 Å². The van der Waals surface area contributed by atoms with E-state index in [4.69, 9.17) is 36.2 Å². The van der Waals surface area contributed by atoms with Crippen LogP contribution in [0.1, 0.15) is 13.8 Å². The van der Waals surface area contributed by atoms with Crippen molar-refractivity contribution in [3.8, 4) is 0 Å². The van der Waals surface area contributed by atoms with E-state index < -0.39 is 13.7 Å². The Kier molecular flexibility index (Phi) is 6.17. The lowest BCUT2D eigenvalue weighted by Crippen LogP contribution is -1.93. The molecule has 0 saturated heterocycles. The van der Waals surface area contributed by atoms with E-state index in [1.807, 2.05) is 0 Å². The van der Waals surface area contributed by atoms with Gasteiger partial charge in [0.15, 0.2) is 0 Å². The van der Waals surface area contributed by atoms with Crippen LogP contribution in [0.5, 0.6) is 0 Å². The van der Waals surface area contributed by atoms with Crippen LogP contribution in [0.4, 0.5) is 0 Å². The number of halogens is 3. The van der Waals surface area contributed by atoms with Crippen LogP contribution in [0.25, 0.3) is 0 Å². The van der Waals surface area contributed by atoms with Crippen LogP contribution in [-0.4, -0.2) is 17.3 Å². The lowest BCUT2D eigenvalue weighted by atomic mass is 10.6. The van der Waals surface area contributed by atoms with Crippen molar-refractivity contribution in [3.63, 3.8) is 0 Å². The van der Waals surface area contributed by atoms with E-state index in [2.05, 4.69) is 10.7 Å². The standard InChI is InChI=1S/C3H6Cl2.ClHO3S/c1-3(2,4)5;1-5(2,3)4/h1-2H3;(H,2,3,4). The van der Waals surface area contributed by atoms with Crippen molar-refractivity contribution in [3.05, 3.63) is 0 Å². The molecule has 0 atom stereocenters. The largest absolute Gasteiger partial charge is 0.353 e. The monoisotopic (exact) mass is 228 g/mol. The van der Waals surface area contributed by atoms with Crippen LogP contribution in [0.15, 0.2) is 0 Å². The first-order valence-corrected chi connectivity index (χ1v) is 5.07. The lowest BCUT2D eigenvalue weighted by Gasteiger charge is -1.98. The Bertz CT molecular complexity index is 154. The second kappa shape index (κ2) is 4.62. The van der Waals surface area contributed by atoms with Gasteiger partial charge in [-0.3, -0.25) is 4.55 Å². The molecule has 0 rings (SSSR count). The molecule has 0 aliphatic carbocycles. The molecule has 10 heavy (non-hydrogen) atoms. The summed E-state index contributed by atoms with van der Waals surface area (Å²) in [5.74, 6) is 0. The molecule has 0 aromatic carbocycles. The SMILES string of the molecule is CC(C)(Cl)Cl.O=S(=O)(O)Cl. The first-order valence-electron chi connectivity index (χ1n) is 2.05. The maximum absolute atomic E-state index is 8.95. The zero-order valence-electron chi connectivity index (χ0n) is 5.31. The van der Waals surface area contributed by atoms with Gasteiger partial charge in [0.05, 0.1) is 0 Å². The maximum atomic E-state index is 8.95. The summed E-state index contributed by atoms with van der Waals surface area (Å²) in [4.78, 5) is 0. The van der Waals surface area contributed by atoms with Gasteiger partial charge in [0.25, 0.3) is 0 Å². The maximum Gasteiger partial charge on any atom is 0.353 e. The van der Waals surface area contributed by atoms with Gasteiger partial charge >= 0.3 is 9.33 Å². The van der Waals surface area contributed by atoms with E-state index in [1.54, 1.807) is 13.8 Å². The molecular weight excluding hydrogens is 222 g/mol. The number of rotatable bonds is 0. The fourth-order valence-electron chi connectivity index (χ4n) is 0. The van der Waals surface area contributed by atoms with Gasteiger partial charge in [0.2, 0.25) is 0 Å². The minimum absolute atomic E-state index is 0.556. The minimum Gasteiger partial charge on any atom is -0.273 e. The van der Waals surface area contributed by atoms with Gasteiger partial charge in [-0.25, -0.2) is 0 Å². The highest BCUT2D eigenvalue weighted by Crippen LogP contribution is 2.16. The Hall–Kier alpha value is 0.780. The topological polar surface area (TPSA) is 54.4 Å². The number of hydrogen-bond acceptors (Lipinski definition) is 2. The molecule has 0 spiro atoms. The van der Waals surface area contributed by atoms with Crippen LogP contribution >= 0.6 is 33.9 Å². The zero-order valence-corrected chi connectivity index (χ0v) is 8.39. The lowest BCUT2D eigenvalue weighted by molar-refractivity contribution is 0.501. The Morgan fingerprint density at radius 2 is 1.30 bits per heavy atom. The predicted molar refractivity (Wildman–Crippen MR) is 43.2 cm³/mol. The summed E-state index contributed by atoms with van der Waals surface area (Å²) in [6, 6.07) is 0. The van der Waals surface area contributed by atoms with E-state index in [0.717, 1.165) is 0 Å². The molecule has 0 aromatic rings. The van der Waals surface area contributed by atoms with Gasteiger partial charge in [-0.05, 0) is 13.8 Å². The first-order chi connectivity index (χ1) is 4.00. The highest BCUT2D eigenvalue weighted by Gasteiger charge is 2.03. The molecule has 0 saturated carbocycles. The quantitative estimate of drug-likeness (QED) is 0.394. The number of hydrogen-bond donors (Lipinski definition) is 1. The molecule has 7 heteroatoms. The molecule has 64 valence electrons. The van der Waals surface area contributed by atoms with Crippen LogP contribution in [-0.2, 0) is 9.33 Å². The molecule has 0 heterocycles. The Morgan fingerprint density at radius 1 is 1.30 bits per heavy atom.